The Hall–Kier alpha value is -2.29. The summed E-state index contributed by atoms with van der Waals surface area (Å²) in [6.07, 6.45) is 0.303. The highest BCUT2D eigenvalue weighted by Gasteiger charge is 2.19. The summed E-state index contributed by atoms with van der Waals surface area (Å²) in [6.45, 7) is 10.0. The molecule has 24 heavy (non-hydrogen) atoms. The van der Waals surface area contributed by atoms with Crippen molar-refractivity contribution in [3.63, 3.8) is 0 Å². The Labute approximate surface area is 145 Å². The minimum Gasteiger partial charge on any atom is -0.481 e. The Balaban J connectivity index is 2.01. The molecular weight excluding hydrogens is 298 g/mol. The molecule has 0 unspecified atom stereocenters. The molecule has 2 aromatic rings. The van der Waals surface area contributed by atoms with Gasteiger partial charge in [0.1, 0.15) is 5.75 Å². The zero-order valence-corrected chi connectivity index (χ0v) is 15.2. The van der Waals surface area contributed by atoms with Gasteiger partial charge in [0.25, 0.3) is 5.91 Å². The van der Waals surface area contributed by atoms with Crippen LogP contribution in [-0.2, 0) is 4.79 Å². The third kappa shape index (κ3) is 4.60. The fraction of sp³-hybridized carbons (Fsp3) is 0.381. The predicted molar refractivity (Wildman–Crippen MR) is 98.4 cm³/mol. The van der Waals surface area contributed by atoms with E-state index in [4.69, 9.17) is 4.74 Å². The van der Waals surface area contributed by atoms with Crippen molar-refractivity contribution in [2.45, 2.75) is 53.2 Å². The maximum Gasteiger partial charge on any atom is 0.261 e. The molecule has 0 spiro atoms. The van der Waals surface area contributed by atoms with Crippen LogP contribution in [0.25, 0.3) is 0 Å². The first kappa shape index (κ1) is 18.1. The molecule has 0 aliphatic carbocycles. The van der Waals surface area contributed by atoms with Gasteiger partial charge in [-0.05, 0) is 62.9 Å². The largest absolute Gasteiger partial charge is 0.481 e. The van der Waals surface area contributed by atoms with Gasteiger partial charge < -0.3 is 10.1 Å². The Kier molecular flexibility index (Phi) is 6.02. The van der Waals surface area contributed by atoms with Crippen LogP contribution in [0.3, 0.4) is 0 Å². The number of rotatable bonds is 6. The molecule has 128 valence electrons. The molecule has 0 bridgehead atoms. The van der Waals surface area contributed by atoms with Gasteiger partial charge in [-0.3, -0.25) is 4.79 Å². The number of hydrogen-bond acceptors (Lipinski definition) is 2. The lowest BCUT2D eigenvalue weighted by Crippen LogP contribution is -2.38. The second kappa shape index (κ2) is 8.00. The molecule has 2 aromatic carbocycles. The number of aryl methyl sites for hydroxylation is 3. The van der Waals surface area contributed by atoms with Crippen LogP contribution in [0.15, 0.2) is 42.5 Å². The Morgan fingerprint density at radius 1 is 1.04 bits per heavy atom. The molecule has 2 rings (SSSR count). The minimum absolute atomic E-state index is 0.00361. The molecule has 3 heteroatoms. The fourth-order valence-corrected chi connectivity index (χ4v) is 2.55. The topological polar surface area (TPSA) is 38.3 Å². The van der Waals surface area contributed by atoms with Crippen molar-refractivity contribution in [2.24, 2.45) is 0 Å². The average Bonchev–Trinajstić information content (AvgIpc) is 2.56. The minimum atomic E-state index is -0.536. The lowest BCUT2D eigenvalue weighted by molar-refractivity contribution is -0.128. The van der Waals surface area contributed by atoms with Gasteiger partial charge in [0.2, 0.25) is 0 Å². The van der Waals surface area contributed by atoms with Gasteiger partial charge in [0.05, 0.1) is 6.04 Å². The van der Waals surface area contributed by atoms with E-state index in [1.807, 2.05) is 25.1 Å². The van der Waals surface area contributed by atoms with E-state index in [2.05, 4.69) is 50.4 Å². The molecule has 3 nitrogen and oxygen atoms in total. The molecule has 2 atom stereocenters. The van der Waals surface area contributed by atoms with Crippen LogP contribution >= 0.6 is 0 Å². The quantitative estimate of drug-likeness (QED) is 0.840. The molecule has 1 amide bonds. The van der Waals surface area contributed by atoms with Crippen LogP contribution in [0, 0.1) is 20.8 Å². The van der Waals surface area contributed by atoms with Crippen molar-refractivity contribution >= 4 is 5.91 Å². The van der Waals surface area contributed by atoms with Gasteiger partial charge >= 0.3 is 0 Å². The first-order valence-corrected chi connectivity index (χ1v) is 8.51. The fourth-order valence-electron chi connectivity index (χ4n) is 2.55. The summed E-state index contributed by atoms with van der Waals surface area (Å²) in [5.74, 6) is 0.629. The second-order valence-electron chi connectivity index (χ2n) is 6.39. The molecule has 0 heterocycles. The zero-order chi connectivity index (χ0) is 17.7. The van der Waals surface area contributed by atoms with Crippen LogP contribution in [0.1, 0.15) is 48.6 Å². The summed E-state index contributed by atoms with van der Waals surface area (Å²) < 4.78 is 5.80. The van der Waals surface area contributed by atoms with Gasteiger partial charge in [0, 0.05) is 0 Å². The number of carbonyl (C=O) groups is 1. The van der Waals surface area contributed by atoms with Gasteiger partial charge in [-0.2, -0.15) is 0 Å². The molecule has 0 saturated carbocycles. The van der Waals surface area contributed by atoms with E-state index in [9.17, 15) is 4.79 Å². The van der Waals surface area contributed by atoms with Crippen LogP contribution < -0.4 is 10.1 Å². The van der Waals surface area contributed by atoms with Gasteiger partial charge in [-0.1, -0.05) is 42.8 Å². The highest BCUT2D eigenvalue weighted by atomic mass is 16.5. The monoisotopic (exact) mass is 325 g/mol. The first-order valence-electron chi connectivity index (χ1n) is 8.51. The van der Waals surface area contributed by atoms with E-state index in [0.29, 0.717) is 0 Å². The van der Waals surface area contributed by atoms with Crippen molar-refractivity contribution in [2.75, 3.05) is 0 Å². The van der Waals surface area contributed by atoms with Crippen LogP contribution in [-0.4, -0.2) is 12.0 Å². The summed E-state index contributed by atoms with van der Waals surface area (Å²) in [4.78, 5) is 12.5. The van der Waals surface area contributed by atoms with Gasteiger partial charge in [0.15, 0.2) is 6.10 Å². The predicted octanol–water partition coefficient (Wildman–Crippen LogP) is 4.65. The Bertz CT molecular complexity index is 691. The van der Waals surface area contributed by atoms with Crippen molar-refractivity contribution in [3.05, 3.63) is 64.7 Å². The first-order chi connectivity index (χ1) is 11.4. The number of benzene rings is 2. The number of ether oxygens (including phenoxy) is 1. The summed E-state index contributed by atoms with van der Waals surface area (Å²) in [7, 11) is 0. The van der Waals surface area contributed by atoms with Crippen LogP contribution in [0.4, 0.5) is 0 Å². The number of carbonyl (C=O) groups excluding carboxylic acids is 1. The zero-order valence-electron chi connectivity index (χ0n) is 15.2. The number of nitrogens with one attached hydrogen (secondary N) is 1. The van der Waals surface area contributed by atoms with E-state index in [0.717, 1.165) is 23.3 Å². The molecular formula is C21H27NO2. The maximum atomic E-state index is 12.5. The van der Waals surface area contributed by atoms with Crippen molar-refractivity contribution < 1.29 is 9.53 Å². The Morgan fingerprint density at radius 3 is 2.29 bits per heavy atom. The number of amides is 1. The van der Waals surface area contributed by atoms with E-state index < -0.39 is 6.10 Å². The van der Waals surface area contributed by atoms with Crippen molar-refractivity contribution in [1.82, 2.24) is 5.32 Å². The Morgan fingerprint density at radius 2 is 1.71 bits per heavy atom. The summed E-state index contributed by atoms with van der Waals surface area (Å²) in [6, 6.07) is 14.2. The van der Waals surface area contributed by atoms with Gasteiger partial charge in [-0.25, -0.2) is 0 Å². The summed E-state index contributed by atoms with van der Waals surface area (Å²) in [5.41, 5.74) is 4.71. The molecule has 1 N–H and O–H groups in total. The summed E-state index contributed by atoms with van der Waals surface area (Å²) >= 11 is 0. The highest BCUT2D eigenvalue weighted by Crippen LogP contribution is 2.20. The molecule has 0 aliphatic rings. The van der Waals surface area contributed by atoms with Gasteiger partial charge in [-0.15, -0.1) is 0 Å². The second-order valence-corrected chi connectivity index (χ2v) is 6.39. The number of hydrogen-bond donors (Lipinski definition) is 1. The lowest BCUT2D eigenvalue weighted by atomic mass is 10.0. The molecule has 0 aromatic heterocycles. The smallest absolute Gasteiger partial charge is 0.261 e. The third-order valence-electron chi connectivity index (χ3n) is 4.36. The van der Waals surface area contributed by atoms with E-state index in [-0.39, 0.29) is 11.9 Å². The van der Waals surface area contributed by atoms with Crippen molar-refractivity contribution in [1.29, 1.82) is 0 Å². The lowest BCUT2D eigenvalue weighted by Gasteiger charge is -2.21. The van der Waals surface area contributed by atoms with E-state index in [1.165, 1.54) is 11.1 Å². The normalized spacial score (nSPS) is 13.2. The molecule has 0 saturated heterocycles. The highest BCUT2D eigenvalue weighted by molar-refractivity contribution is 5.81. The molecule has 0 radical (unpaired) electrons. The van der Waals surface area contributed by atoms with Crippen LogP contribution in [0.5, 0.6) is 5.75 Å². The maximum absolute atomic E-state index is 12.5. The van der Waals surface area contributed by atoms with Crippen LogP contribution in [0.2, 0.25) is 0 Å². The van der Waals surface area contributed by atoms with E-state index >= 15 is 0 Å². The van der Waals surface area contributed by atoms with Crippen molar-refractivity contribution in [3.8, 4) is 5.75 Å². The molecule has 0 fully saturated rings. The summed E-state index contributed by atoms with van der Waals surface area (Å²) in [5, 5.41) is 3.08. The molecule has 0 aliphatic heterocycles. The van der Waals surface area contributed by atoms with E-state index in [1.54, 1.807) is 6.92 Å². The third-order valence-corrected chi connectivity index (χ3v) is 4.36. The standard InChI is InChI=1S/C21H27NO2/c1-6-20(18-10-7-14(2)8-11-18)22-21(23)17(5)24-19-12-9-15(3)16(4)13-19/h7-13,17,20H,6H2,1-5H3,(H,22,23)/t17-,20-/m0/s1. The SMILES string of the molecule is CC[C@H](NC(=O)[C@H](C)Oc1ccc(C)c(C)c1)c1ccc(C)cc1. The average molecular weight is 325 g/mol.